The first-order valence-corrected chi connectivity index (χ1v) is 6.77. The number of nitrogens with zero attached hydrogens (tertiary/aromatic N) is 2. The van der Waals surface area contributed by atoms with Crippen LogP contribution in [0.1, 0.15) is 45.2 Å². The minimum atomic E-state index is -4.34. The van der Waals surface area contributed by atoms with Crippen LogP contribution in [0.15, 0.2) is 12.3 Å². The van der Waals surface area contributed by atoms with Crippen LogP contribution in [0.3, 0.4) is 0 Å². The molecular formula is C13H22F3N3. The minimum Gasteiger partial charge on any atom is -0.314 e. The third-order valence-corrected chi connectivity index (χ3v) is 2.95. The molecule has 0 fully saturated rings. The molecule has 0 bridgehead atoms. The van der Waals surface area contributed by atoms with Crippen LogP contribution in [0.5, 0.6) is 0 Å². The molecule has 1 unspecified atom stereocenters. The van der Waals surface area contributed by atoms with Crippen LogP contribution in [-0.4, -0.2) is 22.4 Å². The quantitative estimate of drug-likeness (QED) is 0.737. The van der Waals surface area contributed by atoms with Crippen molar-refractivity contribution in [1.82, 2.24) is 15.1 Å². The number of unbranched alkanes of at least 4 members (excludes halogenated alkanes) is 1. The average molecular weight is 277 g/mol. The van der Waals surface area contributed by atoms with E-state index >= 15 is 0 Å². The molecule has 1 aromatic rings. The summed E-state index contributed by atoms with van der Waals surface area (Å²) in [4.78, 5) is 0. The van der Waals surface area contributed by atoms with Crippen LogP contribution in [0.2, 0.25) is 0 Å². The summed E-state index contributed by atoms with van der Waals surface area (Å²) in [7, 11) is 0. The van der Waals surface area contributed by atoms with Gasteiger partial charge in [0.1, 0.15) is 0 Å². The van der Waals surface area contributed by atoms with Gasteiger partial charge in [-0.05, 0) is 38.8 Å². The van der Waals surface area contributed by atoms with Gasteiger partial charge in [0.05, 0.1) is 0 Å². The van der Waals surface area contributed by atoms with Crippen molar-refractivity contribution >= 4 is 0 Å². The molecule has 3 nitrogen and oxygen atoms in total. The second kappa shape index (κ2) is 7.53. The van der Waals surface area contributed by atoms with E-state index in [9.17, 15) is 13.2 Å². The largest absolute Gasteiger partial charge is 0.435 e. The van der Waals surface area contributed by atoms with Crippen molar-refractivity contribution in [2.45, 2.75) is 58.3 Å². The SMILES string of the molecule is CCCNC(C)CCCCn1ccc(C(F)(F)F)n1. The van der Waals surface area contributed by atoms with Crippen LogP contribution < -0.4 is 5.32 Å². The lowest BCUT2D eigenvalue weighted by atomic mass is 10.1. The van der Waals surface area contributed by atoms with Crippen LogP contribution in [0.4, 0.5) is 13.2 Å². The molecule has 0 aliphatic heterocycles. The van der Waals surface area contributed by atoms with Gasteiger partial charge in [-0.15, -0.1) is 0 Å². The third kappa shape index (κ3) is 6.09. The van der Waals surface area contributed by atoms with Crippen LogP contribution in [0, 0.1) is 0 Å². The van der Waals surface area contributed by atoms with Gasteiger partial charge in [0.2, 0.25) is 0 Å². The third-order valence-electron chi connectivity index (χ3n) is 2.95. The lowest BCUT2D eigenvalue weighted by Crippen LogP contribution is -2.26. The lowest BCUT2D eigenvalue weighted by molar-refractivity contribution is -0.141. The first-order valence-electron chi connectivity index (χ1n) is 6.77. The Balaban J connectivity index is 2.21. The van der Waals surface area contributed by atoms with Crippen molar-refractivity contribution in [1.29, 1.82) is 0 Å². The number of nitrogens with one attached hydrogen (secondary N) is 1. The summed E-state index contributed by atoms with van der Waals surface area (Å²) in [5.74, 6) is 0. The van der Waals surface area contributed by atoms with Crippen molar-refractivity contribution in [2.75, 3.05) is 6.54 Å². The monoisotopic (exact) mass is 277 g/mol. The van der Waals surface area contributed by atoms with Crippen molar-refractivity contribution < 1.29 is 13.2 Å². The highest BCUT2D eigenvalue weighted by Gasteiger charge is 2.33. The van der Waals surface area contributed by atoms with E-state index in [1.54, 1.807) is 0 Å². The molecule has 0 radical (unpaired) electrons. The van der Waals surface area contributed by atoms with Gasteiger partial charge in [0, 0.05) is 18.8 Å². The number of halogens is 3. The second-order valence-corrected chi connectivity index (χ2v) is 4.81. The van der Waals surface area contributed by atoms with Gasteiger partial charge in [-0.2, -0.15) is 18.3 Å². The highest BCUT2D eigenvalue weighted by Crippen LogP contribution is 2.27. The predicted octanol–water partition coefficient (Wildman–Crippen LogP) is 3.46. The molecular weight excluding hydrogens is 255 g/mol. The molecule has 1 atom stereocenters. The van der Waals surface area contributed by atoms with Gasteiger partial charge in [-0.25, -0.2) is 0 Å². The van der Waals surface area contributed by atoms with Gasteiger partial charge in [-0.1, -0.05) is 13.3 Å². The summed E-state index contributed by atoms with van der Waals surface area (Å²) in [6.07, 6.45) is 1.02. The van der Waals surface area contributed by atoms with E-state index in [4.69, 9.17) is 0 Å². The molecule has 0 saturated heterocycles. The molecule has 0 amide bonds. The molecule has 0 saturated carbocycles. The Morgan fingerprint density at radius 2 is 2.11 bits per heavy atom. The molecule has 19 heavy (non-hydrogen) atoms. The Morgan fingerprint density at radius 3 is 2.68 bits per heavy atom. The molecule has 1 aromatic heterocycles. The summed E-state index contributed by atoms with van der Waals surface area (Å²) in [6.45, 7) is 5.80. The Labute approximate surface area is 112 Å². The van der Waals surface area contributed by atoms with Gasteiger partial charge >= 0.3 is 6.18 Å². The van der Waals surface area contributed by atoms with Gasteiger partial charge in [0.15, 0.2) is 5.69 Å². The van der Waals surface area contributed by atoms with Crippen LogP contribution >= 0.6 is 0 Å². The molecule has 0 spiro atoms. The van der Waals surface area contributed by atoms with E-state index in [0.29, 0.717) is 12.6 Å². The van der Waals surface area contributed by atoms with Gasteiger partial charge in [0.25, 0.3) is 0 Å². The zero-order valence-electron chi connectivity index (χ0n) is 11.5. The molecule has 6 heteroatoms. The summed E-state index contributed by atoms with van der Waals surface area (Å²) in [5.41, 5.74) is -0.814. The Morgan fingerprint density at radius 1 is 1.37 bits per heavy atom. The maximum atomic E-state index is 12.3. The number of hydrogen-bond acceptors (Lipinski definition) is 2. The molecule has 0 aliphatic rings. The first-order chi connectivity index (χ1) is 8.93. The Hall–Kier alpha value is -1.04. The standard InChI is InChI=1S/C13H22F3N3/c1-3-8-17-11(2)6-4-5-9-19-10-7-12(18-19)13(14,15)16/h7,10-11,17H,3-6,8-9H2,1-2H3. The van der Waals surface area contributed by atoms with E-state index in [1.807, 2.05) is 0 Å². The summed E-state index contributed by atoms with van der Waals surface area (Å²) < 4.78 is 38.4. The highest BCUT2D eigenvalue weighted by atomic mass is 19.4. The number of rotatable bonds is 8. The second-order valence-electron chi connectivity index (χ2n) is 4.81. The van der Waals surface area contributed by atoms with Gasteiger partial charge in [-0.3, -0.25) is 4.68 Å². The first kappa shape index (κ1) is 16.0. The number of alkyl halides is 3. The van der Waals surface area contributed by atoms with Crippen molar-refractivity contribution in [3.05, 3.63) is 18.0 Å². The Bertz CT molecular complexity index is 360. The predicted molar refractivity (Wildman–Crippen MR) is 68.8 cm³/mol. The van der Waals surface area contributed by atoms with Gasteiger partial charge < -0.3 is 5.32 Å². The fourth-order valence-electron chi connectivity index (χ4n) is 1.85. The van der Waals surface area contributed by atoms with Crippen LogP contribution in [0.25, 0.3) is 0 Å². The average Bonchev–Trinajstić information content (AvgIpc) is 2.80. The van der Waals surface area contributed by atoms with Crippen molar-refractivity contribution in [3.63, 3.8) is 0 Å². The molecule has 0 aliphatic carbocycles. The van der Waals surface area contributed by atoms with E-state index < -0.39 is 11.9 Å². The zero-order valence-corrected chi connectivity index (χ0v) is 11.5. The molecule has 110 valence electrons. The number of aromatic nitrogens is 2. The zero-order chi connectivity index (χ0) is 14.3. The van der Waals surface area contributed by atoms with Crippen molar-refractivity contribution in [2.24, 2.45) is 0 Å². The topological polar surface area (TPSA) is 29.9 Å². The smallest absolute Gasteiger partial charge is 0.314 e. The molecule has 1 heterocycles. The van der Waals surface area contributed by atoms with E-state index in [2.05, 4.69) is 24.3 Å². The minimum absolute atomic E-state index is 0.461. The maximum absolute atomic E-state index is 12.3. The van der Waals surface area contributed by atoms with E-state index in [-0.39, 0.29) is 0 Å². The summed E-state index contributed by atoms with van der Waals surface area (Å²) in [5, 5.41) is 6.91. The number of hydrogen-bond donors (Lipinski definition) is 1. The highest BCUT2D eigenvalue weighted by molar-refractivity contribution is 5.03. The molecule has 1 N–H and O–H groups in total. The van der Waals surface area contributed by atoms with Crippen LogP contribution in [-0.2, 0) is 12.7 Å². The summed E-state index contributed by atoms with van der Waals surface area (Å²) >= 11 is 0. The molecule has 1 rings (SSSR count). The van der Waals surface area contributed by atoms with E-state index in [0.717, 1.165) is 38.3 Å². The lowest BCUT2D eigenvalue weighted by Gasteiger charge is -2.12. The van der Waals surface area contributed by atoms with E-state index in [1.165, 1.54) is 10.9 Å². The van der Waals surface area contributed by atoms with Crippen molar-refractivity contribution in [3.8, 4) is 0 Å². The fourth-order valence-corrected chi connectivity index (χ4v) is 1.85. The molecule has 0 aromatic carbocycles. The Kier molecular flexibility index (Phi) is 6.34. The number of aryl methyl sites for hydroxylation is 1. The normalized spacial score (nSPS) is 13.7. The fraction of sp³-hybridized carbons (Fsp3) is 0.769. The maximum Gasteiger partial charge on any atom is 0.435 e. The summed E-state index contributed by atoms with van der Waals surface area (Å²) in [6, 6.07) is 1.48.